The molecule has 4 aromatic carbocycles. The maximum Gasteiger partial charge on any atom is 0.143 e. The third-order valence-electron chi connectivity index (χ3n) is 5.02. The van der Waals surface area contributed by atoms with Crippen LogP contribution in [0.3, 0.4) is 0 Å². The molecule has 0 spiro atoms. The molecule has 0 atom stereocenters. The smallest absolute Gasteiger partial charge is 0.143 e. The van der Waals surface area contributed by atoms with Gasteiger partial charge in [-0.1, -0.05) is 77.8 Å². The largest absolute Gasteiger partial charge is 0.309 e. The Balaban J connectivity index is 1.88. The highest BCUT2D eigenvalue weighted by molar-refractivity contribution is 6.42. The van der Waals surface area contributed by atoms with E-state index in [0.717, 1.165) is 22.3 Å². The summed E-state index contributed by atoms with van der Waals surface area (Å²) in [6.45, 7) is 0. The van der Waals surface area contributed by atoms with Crippen molar-refractivity contribution in [3.05, 3.63) is 101 Å². The molecule has 0 N–H and O–H groups in total. The molecule has 0 saturated heterocycles. The van der Waals surface area contributed by atoms with E-state index in [4.69, 9.17) is 23.2 Å². The lowest BCUT2D eigenvalue weighted by Crippen LogP contribution is -1.97. The van der Waals surface area contributed by atoms with Gasteiger partial charge in [0.1, 0.15) is 5.82 Å². The van der Waals surface area contributed by atoms with Crippen molar-refractivity contribution < 1.29 is 4.39 Å². The second-order valence-electron chi connectivity index (χ2n) is 6.64. The van der Waals surface area contributed by atoms with Crippen LogP contribution >= 0.6 is 23.2 Å². The highest BCUT2D eigenvalue weighted by Gasteiger charge is 2.16. The van der Waals surface area contributed by atoms with Crippen molar-refractivity contribution in [3.8, 4) is 16.8 Å². The maximum absolute atomic E-state index is 14.3. The Morgan fingerprint density at radius 1 is 0.679 bits per heavy atom. The summed E-state index contributed by atoms with van der Waals surface area (Å²) in [5, 5.41) is 2.50. The van der Waals surface area contributed by atoms with Gasteiger partial charge in [0.25, 0.3) is 0 Å². The Bertz CT molecular complexity index is 1280. The monoisotopic (exact) mass is 405 g/mol. The minimum absolute atomic E-state index is 0.0558. The van der Waals surface area contributed by atoms with Crippen LogP contribution in [0.1, 0.15) is 0 Å². The molecule has 1 nitrogen and oxygen atoms in total. The number of benzene rings is 4. The predicted molar refractivity (Wildman–Crippen MR) is 116 cm³/mol. The molecule has 0 saturated carbocycles. The van der Waals surface area contributed by atoms with Gasteiger partial charge in [-0.3, -0.25) is 0 Å². The van der Waals surface area contributed by atoms with E-state index < -0.39 is 5.82 Å². The molecule has 0 unspecified atom stereocenters. The minimum atomic E-state index is -0.527. The second-order valence-corrected chi connectivity index (χ2v) is 7.43. The van der Waals surface area contributed by atoms with Gasteiger partial charge in [-0.05, 0) is 35.9 Å². The van der Waals surface area contributed by atoms with Crippen molar-refractivity contribution >= 4 is 45.0 Å². The van der Waals surface area contributed by atoms with Crippen LogP contribution in [0.25, 0.3) is 38.6 Å². The lowest BCUT2D eigenvalue weighted by molar-refractivity contribution is 0.629. The third-order valence-corrected chi connectivity index (χ3v) is 5.80. The maximum atomic E-state index is 14.3. The molecule has 4 heteroatoms. The summed E-state index contributed by atoms with van der Waals surface area (Å²) < 4.78 is 16.5. The van der Waals surface area contributed by atoms with E-state index >= 15 is 0 Å². The fraction of sp³-hybridized carbons (Fsp3) is 0. The van der Waals surface area contributed by atoms with Crippen molar-refractivity contribution in [1.29, 1.82) is 0 Å². The van der Waals surface area contributed by atoms with Crippen molar-refractivity contribution in [2.24, 2.45) is 0 Å². The average molecular weight is 406 g/mol. The zero-order chi connectivity index (χ0) is 19.3. The first-order chi connectivity index (χ1) is 13.6. The van der Waals surface area contributed by atoms with E-state index in [1.54, 1.807) is 6.07 Å². The van der Waals surface area contributed by atoms with Gasteiger partial charge >= 0.3 is 0 Å². The van der Waals surface area contributed by atoms with Crippen molar-refractivity contribution in [2.75, 3.05) is 0 Å². The molecule has 28 heavy (non-hydrogen) atoms. The van der Waals surface area contributed by atoms with Crippen LogP contribution in [0.4, 0.5) is 4.39 Å². The first-order valence-electron chi connectivity index (χ1n) is 8.87. The summed E-state index contributed by atoms with van der Waals surface area (Å²) in [5.74, 6) is -0.527. The van der Waals surface area contributed by atoms with Gasteiger partial charge in [-0.2, -0.15) is 0 Å². The van der Waals surface area contributed by atoms with Crippen LogP contribution in [-0.2, 0) is 0 Å². The fourth-order valence-electron chi connectivity index (χ4n) is 3.81. The lowest BCUT2D eigenvalue weighted by atomic mass is 10.0. The lowest BCUT2D eigenvalue weighted by Gasteiger charge is -2.14. The number of rotatable bonds is 2. The molecular formula is C24H14Cl2FN. The molecule has 0 radical (unpaired) electrons. The zero-order valence-corrected chi connectivity index (χ0v) is 16.2. The van der Waals surface area contributed by atoms with Gasteiger partial charge in [-0.25, -0.2) is 4.39 Å². The Labute approximate surface area is 171 Å². The van der Waals surface area contributed by atoms with Crippen LogP contribution in [0, 0.1) is 5.82 Å². The number of hydrogen-bond donors (Lipinski definition) is 0. The highest BCUT2D eigenvalue weighted by Crippen LogP contribution is 2.38. The highest BCUT2D eigenvalue weighted by atomic mass is 35.5. The van der Waals surface area contributed by atoms with Crippen molar-refractivity contribution in [2.45, 2.75) is 0 Å². The third kappa shape index (κ3) is 2.61. The molecule has 0 aliphatic rings. The molecule has 1 heterocycles. The van der Waals surface area contributed by atoms with Gasteiger partial charge in [0.15, 0.2) is 0 Å². The molecule has 0 aliphatic heterocycles. The first-order valence-corrected chi connectivity index (χ1v) is 9.63. The second kappa shape index (κ2) is 6.66. The van der Waals surface area contributed by atoms with Crippen molar-refractivity contribution in [3.63, 3.8) is 0 Å². The number of hydrogen-bond acceptors (Lipinski definition) is 0. The first kappa shape index (κ1) is 17.3. The standard InChI is InChI=1S/C24H14Cl2FN/c25-19-13-15(14-20(27)24(19)26)16-7-1-4-10-21(16)28-22-11-5-2-8-17(22)18-9-3-6-12-23(18)28/h1-14H. The molecular weight excluding hydrogens is 392 g/mol. The number of para-hydroxylation sites is 3. The van der Waals surface area contributed by atoms with Crippen molar-refractivity contribution in [1.82, 2.24) is 4.57 Å². The average Bonchev–Trinajstić information content (AvgIpc) is 3.06. The summed E-state index contributed by atoms with van der Waals surface area (Å²) in [4.78, 5) is 0. The van der Waals surface area contributed by atoms with E-state index in [0.29, 0.717) is 5.56 Å². The number of aromatic nitrogens is 1. The summed E-state index contributed by atoms with van der Waals surface area (Å²) in [7, 11) is 0. The molecule has 5 aromatic rings. The van der Waals surface area contributed by atoms with E-state index in [1.165, 1.54) is 16.8 Å². The molecule has 5 rings (SSSR count). The quantitative estimate of drug-likeness (QED) is 0.263. The predicted octanol–water partition coefficient (Wildman–Crippen LogP) is 7.90. The zero-order valence-electron chi connectivity index (χ0n) is 14.7. The van der Waals surface area contributed by atoms with Gasteiger partial charge < -0.3 is 4.57 Å². The molecule has 0 fully saturated rings. The summed E-state index contributed by atoms with van der Waals surface area (Å²) >= 11 is 12.1. The molecule has 0 aliphatic carbocycles. The van der Waals surface area contributed by atoms with Crippen LogP contribution in [-0.4, -0.2) is 4.57 Å². The Morgan fingerprint density at radius 2 is 1.25 bits per heavy atom. The van der Waals surface area contributed by atoms with E-state index in [-0.39, 0.29) is 10.0 Å². The van der Waals surface area contributed by atoms with Gasteiger partial charge in [0, 0.05) is 16.3 Å². The number of fused-ring (bicyclic) bond motifs is 3. The van der Waals surface area contributed by atoms with Gasteiger partial charge in [0.05, 0.1) is 26.8 Å². The van der Waals surface area contributed by atoms with Crippen LogP contribution in [0.2, 0.25) is 10.0 Å². The Morgan fingerprint density at radius 3 is 1.89 bits per heavy atom. The molecule has 1 aromatic heterocycles. The number of halogens is 3. The molecule has 0 bridgehead atoms. The van der Waals surface area contributed by atoms with Gasteiger partial charge in [-0.15, -0.1) is 0 Å². The topological polar surface area (TPSA) is 4.93 Å². The Hall–Kier alpha value is -2.81. The van der Waals surface area contributed by atoms with Crippen LogP contribution in [0.5, 0.6) is 0 Å². The summed E-state index contributed by atoms with van der Waals surface area (Å²) in [6.07, 6.45) is 0. The minimum Gasteiger partial charge on any atom is -0.309 e. The summed E-state index contributed by atoms with van der Waals surface area (Å²) in [5.41, 5.74) is 4.71. The Kier molecular flexibility index (Phi) is 4.12. The molecule has 0 amide bonds. The SMILES string of the molecule is Fc1cc(-c2ccccc2-n2c3ccccc3c3ccccc32)cc(Cl)c1Cl. The van der Waals surface area contributed by atoms with Crippen LogP contribution in [0.15, 0.2) is 84.9 Å². The summed E-state index contributed by atoms with van der Waals surface area (Å²) in [6, 6.07) is 27.6. The van der Waals surface area contributed by atoms with Gasteiger partial charge in [0.2, 0.25) is 0 Å². The van der Waals surface area contributed by atoms with E-state index in [2.05, 4.69) is 28.8 Å². The fourth-order valence-corrected chi connectivity index (χ4v) is 4.12. The molecule has 136 valence electrons. The number of nitrogens with zero attached hydrogens (tertiary/aromatic N) is 1. The normalized spacial score (nSPS) is 11.4. The van der Waals surface area contributed by atoms with E-state index in [1.807, 2.05) is 48.5 Å². The van der Waals surface area contributed by atoms with Crippen LogP contribution < -0.4 is 0 Å². The van der Waals surface area contributed by atoms with E-state index in [9.17, 15) is 4.39 Å².